The molecule has 0 saturated carbocycles. The van der Waals surface area contributed by atoms with Gasteiger partial charge in [0.1, 0.15) is 0 Å². The number of non-ortho nitro benzene ring substituents is 1. The zero-order valence-electron chi connectivity index (χ0n) is 11.3. The first-order valence-corrected chi connectivity index (χ1v) is 7.96. The van der Waals surface area contributed by atoms with Crippen molar-refractivity contribution in [2.45, 2.75) is 25.2 Å². The van der Waals surface area contributed by atoms with Crippen LogP contribution in [0.25, 0.3) is 0 Å². The third-order valence-corrected chi connectivity index (χ3v) is 3.97. The fraction of sp³-hybridized carbons (Fsp3) is 0.538. The highest BCUT2D eigenvalue weighted by molar-refractivity contribution is 7.99. The van der Waals surface area contributed by atoms with Crippen LogP contribution >= 0.6 is 23.4 Å². The number of hydrogen-bond acceptors (Lipinski definition) is 4. The van der Waals surface area contributed by atoms with Gasteiger partial charge in [0.05, 0.1) is 10.6 Å². The largest absolute Gasteiger partial charge is 0.370 e. The van der Waals surface area contributed by atoms with Crippen LogP contribution in [0.1, 0.15) is 20.3 Å². The Kier molecular flexibility index (Phi) is 7.02. The van der Waals surface area contributed by atoms with E-state index in [1.165, 1.54) is 0 Å². The van der Waals surface area contributed by atoms with Gasteiger partial charge in [-0.2, -0.15) is 0 Å². The predicted molar refractivity (Wildman–Crippen MR) is 82.7 cm³/mol. The van der Waals surface area contributed by atoms with Crippen LogP contribution in [0.4, 0.5) is 11.4 Å². The fourth-order valence-corrected chi connectivity index (χ4v) is 3.06. The lowest BCUT2D eigenvalue weighted by molar-refractivity contribution is -0.385. The van der Waals surface area contributed by atoms with Crippen LogP contribution in [0.2, 0.25) is 0 Å². The molecule has 0 unspecified atom stereocenters. The summed E-state index contributed by atoms with van der Waals surface area (Å²) >= 11 is 7.37. The minimum absolute atomic E-state index is 0.162. The highest BCUT2D eigenvalue weighted by atomic mass is 35.5. The van der Waals surface area contributed by atoms with Gasteiger partial charge in [0, 0.05) is 41.8 Å². The number of nitrogens with zero attached hydrogens (tertiary/aromatic N) is 2. The minimum Gasteiger partial charge on any atom is -0.370 e. The molecule has 0 saturated heterocycles. The molecule has 0 bridgehead atoms. The Bertz CT molecular complexity index is 429. The number of thioether (sulfide) groups is 1. The maximum atomic E-state index is 10.7. The molecule has 0 aliphatic carbocycles. The first-order valence-electron chi connectivity index (χ1n) is 6.44. The molecule has 1 heterocycles. The van der Waals surface area contributed by atoms with E-state index >= 15 is 0 Å². The second-order valence-corrected chi connectivity index (χ2v) is 5.30. The van der Waals surface area contributed by atoms with E-state index in [1.807, 2.05) is 19.9 Å². The molecule has 6 heteroatoms. The number of nitro groups is 1. The molecule has 0 spiro atoms. The molecule has 2 rings (SSSR count). The maximum absolute atomic E-state index is 10.7. The summed E-state index contributed by atoms with van der Waals surface area (Å²) in [4.78, 5) is 13.6. The molecule has 1 aromatic rings. The molecular weight excluding hydrogens is 284 g/mol. The van der Waals surface area contributed by atoms with Crippen molar-refractivity contribution in [2.24, 2.45) is 0 Å². The van der Waals surface area contributed by atoms with Gasteiger partial charge in [0.15, 0.2) is 0 Å². The SMILES string of the molecule is CC.O=[N+]([O-])c1ccc2c(c1)SCCN2CCCCl. The van der Waals surface area contributed by atoms with E-state index in [-0.39, 0.29) is 10.6 Å². The second kappa shape index (κ2) is 8.27. The normalized spacial score (nSPS) is 13.3. The van der Waals surface area contributed by atoms with Crippen molar-refractivity contribution in [3.8, 4) is 0 Å². The zero-order chi connectivity index (χ0) is 14.3. The average molecular weight is 303 g/mol. The van der Waals surface area contributed by atoms with Crippen molar-refractivity contribution in [1.82, 2.24) is 0 Å². The third-order valence-electron chi connectivity index (χ3n) is 2.68. The molecule has 1 aromatic carbocycles. The Hall–Kier alpha value is -0.940. The van der Waals surface area contributed by atoms with E-state index in [4.69, 9.17) is 11.6 Å². The molecule has 1 aliphatic rings. The molecule has 0 fully saturated rings. The van der Waals surface area contributed by atoms with Gasteiger partial charge in [0.2, 0.25) is 0 Å². The molecule has 0 amide bonds. The molecular formula is C13H19ClN2O2S. The molecule has 0 radical (unpaired) electrons. The summed E-state index contributed by atoms with van der Waals surface area (Å²) in [5.41, 5.74) is 1.26. The Morgan fingerprint density at radius 2 is 2.21 bits per heavy atom. The minimum atomic E-state index is -0.349. The smallest absolute Gasteiger partial charge is 0.270 e. The van der Waals surface area contributed by atoms with E-state index in [2.05, 4.69) is 4.90 Å². The van der Waals surface area contributed by atoms with E-state index < -0.39 is 0 Å². The van der Waals surface area contributed by atoms with E-state index in [0.717, 1.165) is 35.8 Å². The van der Waals surface area contributed by atoms with Crippen LogP contribution in [0, 0.1) is 10.1 Å². The van der Waals surface area contributed by atoms with Gasteiger partial charge in [0.25, 0.3) is 5.69 Å². The van der Waals surface area contributed by atoms with Gasteiger partial charge in [-0.3, -0.25) is 10.1 Å². The number of hydrogen-bond donors (Lipinski definition) is 0. The first kappa shape index (κ1) is 16.1. The Labute approximate surface area is 123 Å². The van der Waals surface area contributed by atoms with Crippen LogP contribution in [0.3, 0.4) is 0 Å². The van der Waals surface area contributed by atoms with Gasteiger partial charge in [-0.15, -0.1) is 23.4 Å². The molecule has 0 N–H and O–H groups in total. The number of fused-ring (bicyclic) bond motifs is 1. The van der Waals surface area contributed by atoms with Crippen molar-refractivity contribution in [2.75, 3.05) is 29.6 Å². The second-order valence-electron chi connectivity index (χ2n) is 3.79. The van der Waals surface area contributed by atoms with Crippen LogP contribution in [0.5, 0.6) is 0 Å². The van der Waals surface area contributed by atoms with E-state index in [1.54, 1.807) is 23.9 Å². The number of anilines is 1. The van der Waals surface area contributed by atoms with E-state index in [0.29, 0.717) is 5.88 Å². The molecule has 19 heavy (non-hydrogen) atoms. The van der Waals surface area contributed by atoms with Crippen molar-refractivity contribution in [3.05, 3.63) is 28.3 Å². The lowest BCUT2D eigenvalue weighted by atomic mass is 10.2. The first-order chi connectivity index (χ1) is 9.22. The Balaban J connectivity index is 0.000000861. The van der Waals surface area contributed by atoms with Crippen molar-refractivity contribution in [1.29, 1.82) is 0 Å². The number of rotatable bonds is 4. The average Bonchev–Trinajstić information content (AvgIpc) is 2.46. The highest BCUT2D eigenvalue weighted by Crippen LogP contribution is 2.37. The predicted octanol–water partition coefficient (Wildman–Crippen LogP) is 4.16. The summed E-state index contributed by atoms with van der Waals surface area (Å²) < 4.78 is 0. The molecule has 0 atom stereocenters. The molecule has 1 aliphatic heterocycles. The van der Waals surface area contributed by atoms with Gasteiger partial charge in [-0.05, 0) is 12.5 Å². The van der Waals surface area contributed by atoms with Crippen LogP contribution < -0.4 is 4.90 Å². The van der Waals surface area contributed by atoms with Gasteiger partial charge in [-0.1, -0.05) is 13.8 Å². The van der Waals surface area contributed by atoms with E-state index in [9.17, 15) is 10.1 Å². The summed E-state index contributed by atoms with van der Waals surface area (Å²) in [6.45, 7) is 5.89. The maximum Gasteiger partial charge on any atom is 0.270 e. The van der Waals surface area contributed by atoms with Crippen molar-refractivity contribution in [3.63, 3.8) is 0 Å². The topological polar surface area (TPSA) is 46.4 Å². The molecule has 106 valence electrons. The number of nitro benzene ring substituents is 1. The van der Waals surface area contributed by atoms with Crippen LogP contribution in [0.15, 0.2) is 23.1 Å². The quantitative estimate of drug-likeness (QED) is 0.476. The summed E-state index contributed by atoms with van der Waals surface area (Å²) in [6.07, 6.45) is 0.933. The Morgan fingerprint density at radius 3 is 2.84 bits per heavy atom. The van der Waals surface area contributed by atoms with Crippen LogP contribution in [-0.4, -0.2) is 29.6 Å². The standard InChI is InChI=1S/C11H13ClN2O2S.C2H6/c12-4-1-5-13-6-7-17-11-8-9(14(15)16)2-3-10(11)13;1-2/h2-3,8H,1,4-7H2;1-2H3. The summed E-state index contributed by atoms with van der Waals surface area (Å²) in [5.74, 6) is 1.61. The Morgan fingerprint density at radius 1 is 1.47 bits per heavy atom. The fourth-order valence-electron chi connectivity index (χ4n) is 1.86. The monoisotopic (exact) mass is 302 g/mol. The number of benzene rings is 1. The molecule has 0 aromatic heterocycles. The molecule has 4 nitrogen and oxygen atoms in total. The summed E-state index contributed by atoms with van der Waals surface area (Å²) in [6, 6.07) is 5.07. The number of alkyl halides is 1. The third kappa shape index (κ3) is 4.28. The zero-order valence-corrected chi connectivity index (χ0v) is 12.8. The van der Waals surface area contributed by atoms with Gasteiger partial charge in [-0.25, -0.2) is 0 Å². The highest BCUT2D eigenvalue weighted by Gasteiger charge is 2.19. The van der Waals surface area contributed by atoms with Crippen molar-refractivity contribution < 1.29 is 4.92 Å². The lowest BCUT2D eigenvalue weighted by Crippen LogP contribution is -2.30. The lowest BCUT2D eigenvalue weighted by Gasteiger charge is -2.30. The summed E-state index contributed by atoms with van der Waals surface area (Å²) in [7, 11) is 0. The summed E-state index contributed by atoms with van der Waals surface area (Å²) in [5, 5.41) is 10.7. The van der Waals surface area contributed by atoms with Crippen molar-refractivity contribution >= 4 is 34.7 Å². The van der Waals surface area contributed by atoms with Gasteiger partial charge < -0.3 is 4.90 Å². The van der Waals surface area contributed by atoms with Crippen LogP contribution in [-0.2, 0) is 0 Å². The van der Waals surface area contributed by atoms with Gasteiger partial charge >= 0.3 is 0 Å². The number of halogens is 1.